The third kappa shape index (κ3) is 6.63. The number of pyridine rings is 1. The molecule has 0 aliphatic heterocycles. The average molecular weight is 563 g/mol. The minimum absolute atomic E-state index is 0.280. The fraction of sp³-hybridized carbons (Fsp3) is 0.240. The minimum Gasteiger partial charge on any atom is -0.440 e. The Morgan fingerprint density at radius 3 is 1.24 bits per heavy atom. The highest BCUT2D eigenvalue weighted by molar-refractivity contribution is 7.54. The standard InChI is InChI=1S/C25H27NO10P2/c1-31-37(29,32-2)24(18-12-7-5-8-13-18)35-22(27)20-16-11-17-21(26-20)23(28)36-25(38(30,33-3)34-4)19-14-9-6-10-15-19/h5-17,24-25H,1-4H3. The highest BCUT2D eigenvalue weighted by Gasteiger charge is 2.41. The molecule has 11 nitrogen and oxygen atoms in total. The smallest absolute Gasteiger partial charge is 0.375 e. The molecule has 2 unspecified atom stereocenters. The quantitative estimate of drug-likeness (QED) is 0.196. The minimum atomic E-state index is -3.92. The number of carbonyl (C=O) groups is 2. The van der Waals surface area contributed by atoms with Crippen LogP contribution in [-0.2, 0) is 36.7 Å². The molecule has 2 aromatic carbocycles. The Morgan fingerprint density at radius 2 is 0.921 bits per heavy atom. The van der Waals surface area contributed by atoms with Crippen LogP contribution in [0.2, 0.25) is 0 Å². The second-order valence-corrected chi connectivity index (χ2v) is 12.1. The second-order valence-electron chi connectivity index (χ2n) is 7.55. The number of rotatable bonds is 12. The topological polar surface area (TPSA) is 137 Å². The van der Waals surface area contributed by atoms with Crippen LogP contribution in [0.25, 0.3) is 0 Å². The molecule has 202 valence electrons. The van der Waals surface area contributed by atoms with Crippen molar-refractivity contribution in [3.8, 4) is 0 Å². The van der Waals surface area contributed by atoms with E-state index >= 15 is 0 Å². The molecule has 0 spiro atoms. The summed E-state index contributed by atoms with van der Waals surface area (Å²) in [6.45, 7) is 0. The Morgan fingerprint density at radius 1 is 0.579 bits per heavy atom. The van der Waals surface area contributed by atoms with Gasteiger partial charge in [0.1, 0.15) is 11.4 Å². The van der Waals surface area contributed by atoms with Gasteiger partial charge in [0.05, 0.1) is 0 Å². The number of hydrogen-bond donors (Lipinski definition) is 0. The lowest BCUT2D eigenvalue weighted by molar-refractivity contribution is 0.0363. The first kappa shape index (κ1) is 29.4. The van der Waals surface area contributed by atoms with Gasteiger partial charge in [-0.3, -0.25) is 9.13 Å². The van der Waals surface area contributed by atoms with Crippen LogP contribution in [0.5, 0.6) is 0 Å². The lowest BCUT2D eigenvalue weighted by Gasteiger charge is -2.25. The third-order valence-electron chi connectivity index (χ3n) is 5.37. The average Bonchev–Trinajstić information content (AvgIpc) is 2.98. The number of hydrogen-bond acceptors (Lipinski definition) is 11. The zero-order valence-corrected chi connectivity index (χ0v) is 22.9. The van der Waals surface area contributed by atoms with E-state index in [-0.39, 0.29) is 11.4 Å². The van der Waals surface area contributed by atoms with E-state index in [0.717, 1.165) is 0 Å². The molecule has 38 heavy (non-hydrogen) atoms. The van der Waals surface area contributed by atoms with Crippen LogP contribution in [0, 0.1) is 0 Å². The van der Waals surface area contributed by atoms with Gasteiger partial charge in [-0.25, -0.2) is 14.6 Å². The van der Waals surface area contributed by atoms with Gasteiger partial charge in [0.15, 0.2) is 0 Å². The Kier molecular flexibility index (Phi) is 10.1. The van der Waals surface area contributed by atoms with Gasteiger partial charge in [0.2, 0.25) is 11.7 Å². The molecule has 0 saturated carbocycles. The van der Waals surface area contributed by atoms with E-state index in [9.17, 15) is 18.7 Å². The second kappa shape index (κ2) is 13.1. The van der Waals surface area contributed by atoms with Gasteiger partial charge in [-0.05, 0) is 12.1 Å². The van der Waals surface area contributed by atoms with Gasteiger partial charge in [-0.15, -0.1) is 0 Å². The number of ether oxygens (including phenoxy) is 2. The van der Waals surface area contributed by atoms with E-state index in [2.05, 4.69) is 4.98 Å². The van der Waals surface area contributed by atoms with Crippen LogP contribution in [0.3, 0.4) is 0 Å². The van der Waals surface area contributed by atoms with Crippen LogP contribution in [0.15, 0.2) is 78.9 Å². The maximum atomic E-state index is 13.1. The zero-order chi connectivity index (χ0) is 27.8. The number of esters is 2. The maximum absolute atomic E-state index is 13.1. The summed E-state index contributed by atoms with van der Waals surface area (Å²) in [6.07, 6.45) is 0. The molecule has 2 atom stereocenters. The van der Waals surface area contributed by atoms with E-state index in [4.69, 9.17) is 27.6 Å². The summed E-state index contributed by atoms with van der Waals surface area (Å²) in [7, 11) is -3.15. The summed E-state index contributed by atoms with van der Waals surface area (Å²) in [5, 5.41) is 0. The molecule has 1 heterocycles. The first-order valence-corrected chi connectivity index (χ1v) is 14.3. The molecule has 0 fully saturated rings. The normalized spacial score (nSPS) is 13.4. The third-order valence-corrected chi connectivity index (χ3v) is 9.36. The van der Waals surface area contributed by atoms with Crippen LogP contribution in [0.1, 0.15) is 43.8 Å². The fourth-order valence-electron chi connectivity index (χ4n) is 3.38. The molecule has 0 amide bonds. The van der Waals surface area contributed by atoms with Crippen LogP contribution >= 0.6 is 15.2 Å². The van der Waals surface area contributed by atoms with E-state index < -0.39 is 38.8 Å². The highest BCUT2D eigenvalue weighted by atomic mass is 31.2. The molecule has 0 radical (unpaired) electrons. The van der Waals surface area contributed by atoms with E-state index in [0.29, 0.717) is 11.1 Å². The Bertz CT molecular complexity index is 1220. The number of nitrogens with zero attached hydrogens (tertiary/aromatic N) is 1. The lowest BCUT2D eigenvalue weighted by Crippen LogP contribution is -2.18. The Hall–Kier alpha value is -3.17. The van der Waals surface area contributed by atoms with Gasteiger partial charge in [-0.2, -0.15) is 0 Å². The largest absolute Gasteiger partial charge is 0.440 e. The first-order chi connectivity index (χ1) is 18.2. The van der Waals surface area contributed by atoms with Crippen molar-refractivity contribution in [2.75, 3.05) is 28.4 Å². The Labute approximate surface area is 220 Å². The van der Waals surface area contributed by atoms with Gasteiger partial charge in [-0.1, -0.05) is 66.7 Å². The summed E-state index contributed by atoms with van der Waals surface area (Å²) in [5.74, 6) is -4.80. The van der Waals surface area contributed by atoms with Gasteiger partial charge in [0.25, 0.3) is 0 Å². The molecular weight excluding hydrogens is 536 g/mol. The molecule has 0 N–H and O–H groups in total. The van der Waals surface area contributed by atoms with Crippen molar-refractivity contribution in [1.29, 1.82) is 0 Å². The SMILES string of the molecule is COP(=O)(OC)C(OC(=O)c1cccc(C(=O)OC(c2ccccc2)P(=O)(OC)OC)n1)c1ccccc1. The number of carbonyl (C=O) groups excluding carboxylic acids is 2. The van der Waals surface area contributed by atoms with Crippen LogP contribution in [-0.4, -0.2) is 45.4 Å². The monoisotopic (exact) mass is 563 g/mol. The van der Waals surface area contributed by atoms with Gasteiger partial charge >= 0.3 is 27.1 Å². The predicted octanol–water partition coefficient (Wildman–Crippen LogP) is 5.76. The van der Waals surface area contributed by atoms with Crippen LogP contribution in [0.4, 0.5) is 0 Å². The molecule has 3 rings (SSSR count). The lowest BCUT2D eigenvalue weighted by atomic mass is 10.2. The van der Waals surface area contributed by atoms with E-state index in [1.165, 1.54) is 46.6 Å². The summed E-state index contributed by atoms with van der Waals surface area (Å²) in [6, 6.07) is 20.5. The summed E-state index contributed by atoms with van der Waals surface area (Å²) < 4.78 is 57.5. The number of aromatic nitrogens is 1. The molecule has 1 aromatic heterocycles. The molecule has 13 heteroatoms. The van der Waals surface area contributed by atoms with E-state index in [1.807, 2.05) is 0 Å². The predicted molar refractivity (Wildman–Crippen MR) is 137 cm³/mol. The Balaban J connectivity index is 1.89. The van der Waals surface area contributed by atoms with Crippen molar-refractivity contribution in [2.24, 2.45) is 0 Å². The highest BCUT2D eigenvalue weighted by Crippen LogP contribution is 2.61. The van der Waals surface area contributed by atoms with Crippen molar-refractivity contribution in [2.45, 2.75) is 11.7 Å². The van der Waals surface area contributed by atoms with Crippen molar-refractivity contribution < 1.29 is 46.3 Å². The number of benzene rings is 2. The van der Waals surface area contributed by atoms with Gasteiger partial charge in [0, 0.05) is 39.6 Å². The van der Waals surface area contributed by atoms with Crippen molar-refractivity contribution >= 4 is 27.1 Å². The molecule has 3 aromatic rings. The fourth-order valence-corrected chi connectivity index (χ4v) is 5.97. The molecule has 0 bridgehead atoms. The van der Waals surface area contributed by atoms with Gasteiger partial charge < -0.3 is 27.6 Å². The van der Waals surface area contributed by atoms with Crippen molar-refractivity contribution in [3.05, 3.63) is 101 Å². The summed E-state index contributed by atoms with van der Waals surface area (Å²) in [5.41, 5.74) is 0.169. The molecule has 0 saturated heterocycles. The summed E-state index contributed by atoms with van der Waals surface area (Å²) >= 11 is 0. The van der Waals surface area contributed by atoms with Crippen molar-refractivity contribution in [3.63, 3.8) is 0 Å². The molecule has 0 aliphatic carbocycles. The van der Waals surface area contributed by atoms with Crippen molar-refractivity contribution in [1.82, 2.24) is 4.98 Å². The molecule has 0 aliphatic rings. The maximum Gasteiger partial charge on any atom is 0.375 e. The van der Waals surface area contributed by atoms with Crippen LogP contribution < -0.4 is 0 Å². The van der Waals surface area contributed by atoms with E-state index in [1.54, 1.807) is 60.7 Å². The molecular formula is C25H27NO10P2. The summed E-state index contributed by atoms with van der Waals surface area (Å²) in [4.78, 5) is 30.1. The first-order valence-electron chi connectivity index (χ1n) is 11.1. The zero-order valence-electron chi connectivity index (χ0n) is 21.1.